The number of hydrogen-bond donors (Lipinski definition) is 1. The van der Waals surface area contributed by atoms with E-state index in [2.05, 4.69) is 16.5 Å². The predicted octanol–water partition coefficient (Wildman–Crippen LogP) is 1.64. The van der Waals surface area contributed by atoms with Gasteiger partial charge in [-0.3, -0.25) is 4.98 Å². The molecular formula is C9H11N3. The Morgan fingerprint density at radius 3 is 3.17 bits per heavy atom. The highest BCUT2D eigenvalue weighted by atomic mass is 15.0. The van der Waals surface area contributed by atoms with Crippen molar-refractivity contribution in [3.63, 3.8) is 0 Å². The van der Waals surface area contributed by atoms with E-state index in [9.17, 15) is 0 Å². The van der Waals surface area contributed by atoms with Gasteiger partial charge in [0.15, 0.2) is 0 Å². The fraction of sp³-hybridized carbons (Fsp3) is 0.222. The molecule has 0 spiro atoms. The molecule has 2 heterocycles. The summed E-state index contributed by atoms with van der Waals surface area (Å²) < 4.78 is 2.12. The van der Waals surface area contributed by atoms with Gasteiger partial charge < -0.3 is 10.3 Å². The van der Waals surface area contributed by atoms with Crippen molar-refractivity contribution < 1.29 is 0 Å². The molecule has 0 bridgehead atoms. The van der Waals surface area contributed by atoms with E-state index in [0.29, 0.717) is 0 Å². The van der Waals surface area contributed by atoms with Crippen LogP contribution in [0.3, 0.4) is 0 Å². The first-order valence-electron chi connectivity index (χ1n) is 4.01. The van der Waals surface area contributed by atoms with Gasteiger partial charge in [0.1, 0.15) is 0 Å². The fourth-order valence-corrected chi connectivity index (χ4v) is 1.35. The third-order valence-electron chi connectivity index (χ3n) is 1.98. The van der Waals surface area contributed by atoms with E-state index in [4.69, 9.17) is 5.73 Å². The first-order chi connectivity index (χ1) is 5.81. The maximum Gasteiger partial charge on any atom is 0.0882 e. The van der Waals surface area contributed by atoms with Crippen molar-refractivity contribution in [2.45, 2.75) is 13.5 Å². The van der Waals surface area contributed by atoms with Crippen molar-refractivity contribution in [2.75, 3.05) is 5.73 Å². The first-order valence-corrected chi connectivity index (χ1v) is 4.01. The summed E-state index contributed by atoms with van der Waals surface area (Å²) in [6.07, 6.45) is 3.71. The quantitative estimate of drug-likeness (QED) is 0.691. The molecule has 62 valence electrons. The Bertz CT molecular complexity index is 403. The predicted molar refractivity (Wildman–Crippen MR) is 49.8 cm³/mol. The van der Waals surface area contributed by atoms with Crippen molar-refractivity contribution in [2.24, 2.45) is 0 Å². The van der Waals surface area contributed by atoms with E-state index < -0.39 is 0 Å². The lowest BCUT2D eigenvalue weighted by Crippen LogP contribution is -1.93. The van der Waals surface area contributed by atoms with Gasteiger partial charge in [-0.25, -0.2) is 0 Å². The van der Waals surface area contributed by atoms with Crippen LogP contribution >= 0.6 is 0 Å². The third-order valence-corrected chi connectivity index (χ3v) is 1.98. The van der Waals surface area contributed by atoms with E-state index >= 15 is 0 Å². The highest BCUT2D eigenvalue weighted by molar-refractivity contribution is 5.78. The van der Waals surface area contributed by atoms with Gasteiger partial charge in [-0.05, 0) is 19.1 Å². The molecule has 3 heteroatoms. The average molecular weight is 161 g/mol. The molecule has 0 aliphatic heterocycles. The molecule has 12 heavy (non-hydrogen) atoms. The Morgan fingerprint density at radius 1 is 1.58 bits per heavy atom. The van der Waals surface area contributed by atoms with Crippen molar-refractivity contribution in [1.29, 1.82) is 0 Å². The van der Waals surface area contributed by atoms with Crippen LogP contribution in [0.4, 0.5) is 5.69 Å². The molecule has 2 aromatic heterocycles. The Labute approximate surface area is 70.8 Å². The molecule has 0 saturated carbocycles. The molecule has 0 fully saturated rings. The number of aryl methyl sites for hydroxylation is 1. The summed E-state index contributed by atoms with van der Waals surface area (Å²) in [5.41, 5.74) is 8.46. The van der Waals surface area contributed by atoms with Crippen LogP contribution in [0.25, 0.3) is 11.0 Å². The van der Waals surface area contributed by atoms with E-state index in [-0.39, 0.29) is 0 Å². The van der Waals surface area contributed by atoms with Crippen LogP contribution in [0.5, 0.6) is 0 Å². The zero-order valence-electron chi connectivity index (χ0n) is 6.99. The molecule has 0 amide bonds. The van der Waals surface area contributed by atoms with Crippen LogP contribution in [0.15, 0.2) is 24.5 Å². The SMILES string of the molecule is CCn1ccc2ncc(N)cc21. The highest BCUT2D eigenvalue weighted by Gasteiger charge is 1.99. The molecule has 0 aliphatic rings. The molecule has 0 aromatic carbocycles. The maximum absolute atomic E-state index is 5.63. The average Bonchev–Trinajstić information content (AvgIpc) is 2.46. The Balaban J connectivity index is 2.75. The van der Waals surface area contributed by atoms with Gasteiger partial charge in [-0.2, -0.15) is 0 Å². The van der Waals surface area contributed by atoms with Gasteiger partial charge in [0.2, 0.25) is 0 Å². The third kappa shape index (κ3) is 0.942. The smallest absolute Gasteiger partial charge is 0.0882 e. The number of nitrogen functional groups attached to an aromatic ring is 1. The number of hydrogen-bond acceptors (Lipinski definition) is 2. The number of nitrogens with zero attached hydrogens (tertiary/aromatic N) is 2. The number of nitrogens with two attached hydrogens (primary N) is 1. The van der Waals surface area contributed by atoms with Crippen molar-refractivity contribution in [3.8, 4) is 0 Å². The molecule has 0 aliphatic carbocycles. The van der Waals surface area contributed by atoms with E-state index in [1.165, 1.54) is 0 Å². The minimum atomic E-state index is 0.718. The molecule has 0 atom stereocenters. The second-order valence-electron chi connectivity index (χ2n) is 2.77. The monoisotopic (exact) mass is 161 g/mol. The van der Waals surface area contributed by atoms with Gasteiger partial charge >= 0.3 is 0 Å². The Kier molecular flexibility index (Phi) is 1.50. The standard InChI is InChI=1S/C9H11N3/c1-2-12-4-3-8-9(12)5-7(10)6-11-8/h3-6H,2,10H2,1H3. The Morgan fingerprint density at radius 2 is 2.42 bits per heavy atom. The van der Waals surface area contributed by atoms with Crippen LogP contribution in [0.2, 0.25) is 0 Å². The molecule has 3 nitrogen and oxygen atoms in total. The minimum Gasteiger partial charge on any atom is -0.397 e. The lowest BCUT2D eigenvalue weighted by Gasteiger charge is -1.99. The van der Waals surface area contributed by atoms with Gasteiger partial charge in [0.05, 0.1) is 22.9 Å². The van der Waals surface area contributed by atoms with E-state index in [1.807, 2.05) is 18.3 Å². The van der Waals surface area contributed by atoms with Crippen LogP contribution in [-0.4, -0.2) is 9.55 Å². The number of aromatic nitrogens is 2. The minimum absolute atomic E-state index is 0.718. The van der Waals surface area contributed by atoms with Crippen LogP contribution in [0.1, 0.15) is 6.92 Å². The molecule has 0 radical (unpaired) electrons. The molecule has 0 unspecified atom stereocenters. The zero-order valence-corrected chi connectivity index (χ0v) is 6.99. The molecule has 2 aromatic rings. The fourth-order valence-electron chi connectivity index (χ4n) is 1.35. The van der Waals surface area contributed by atoms with E-state index in [1.54, 1.807) is 6.20 Å². The summed E-state index contributed by atoms with van der Waals surface area (Å²) in [4.78, 5) is 4.20. The Hall–Kier alpha value is -1.51. The van der Waals surface area contributed by atoms with Crippen LogP contribution in [-0.2, 0) is 6.54 Å². The largest absolute Gasteiger partial charge is 0.397 e. The summed E-state index contributed by atoms with van der Waals surface area (Å²) >= 11 is 0. The number of rotatable bonds is 1. The number of fused-ring (bicyclic) bond motifs is 1. The van der Waals surface area contributed by atoms with Gasteiger partial charge in [-0.1, -0.05) is 0 Å². The molecular weight excluding hydrogens is 150 g/mol. The molecule has 0 saturated heterocycles. The lowest BCUT2D eigenvalue weighted by atomic mass is 10.3. The summed E-state index contributed by atoms with van der Waals surface area (Å²) in [6.45, 7) is 3.05. The number of anilines is 1. The van der Waals surface area contributed by atoms with Gasteiger partial charge in [0.25, 0.3) is 0 Å². The van der Waals surface area contributed by atoms with Crippen molar-refractivity contribution >= 4 is 16.7 Å². The maximum atomic E-state index is 5.63. The molecule has 2 N–H and O–H groups in total. The topological polar surface area (TPSA) is 43.8 Å². The summed E-state index contributed by atoms with van der Waals surface area (Å²) in [6, 6.07) is 3.95. The zero-order chi connectivity index (χ0) is 8.55. The second-order valence-corrected chi connectivity index (χ2v) is 2.77. The highest BCUT2D eigenvalue weighted by Crippen LogP contribution is 2.15. The normalized spacial score (nSPS) is 10.8. The summed E-state index contributed by atoms with van der Waals surface area (Å²) in [7, 11) is 0. The number of pyridine rings is 1. The van der Waals surface area contributed by atoms with Crippen molar-refractivity contribution in [1.82, 2.24) is 9.55 Å². The van der Waals surface area contributed by atoms with Crippen LogP contribution in [0, 0.1) is 0 Å². The van der Waals surface area contributed by atoms with Crippen LogP contribution < -0.4 is 5.73 Å². The van der Waals surface area contributed by atoms with Gasteiger partial charge in [-0.15, -0.1) is 0 Å². The van der Waals surface area contributed by atoms with E-state index in [0.717, 1.165) is 23.3 Å². The van der Waals surface area contributed by atoms with Gasteiger partial charge in [0, 0.05) is 12.7 Å². The summed E-state index contributed by atoms with van der Waals surface area (Å²) in [5.74, 6) is 0. The first kappa shape index (κ1) is 7.16. The molecule has 2 rings (SSSR count). The summed E-state index contributed by atoms with van der Waals surface area (Å²) in [5, 5.41) is 0. The second kappa shape index (κ2) is 2.52. The van der Waals surface area contributed by atoms with Crippen molar-refractivity contribution in [3.05, 3.63) is 24.5 Å². The lowest BCUT2D eigenvalue weighted by molar-refractivity contribution is 0.797.